The molecule has 11 nitrogen and oxygen atoms in total. The molecule has 0 spiro atoms. The van der Waals surface area contributed by atoms with Gasteiger partial charge in [-0.25, -0.2) is 4.79 Å². The summed E-state index contributed by atoms with van der Waals surface area (Å²) in [4.78, 5) is 23.1. The molecule has 0 saturated heterocycles. The van der Waals surface area contributed by atoms with Crippen LogP contribution in [0.25, 0.3) is 0 Å². The highest BCUT2D eigenvalue weighted by atomic mass is 16.6. The number of carbonyl (C=O) groups is 2. The molecule has 0 fully saturated rings. The molecule has 0 saturated carbocycles. The van der Waals surface area contributed by atoms with Gasteiger partial charge in [0.2, 0.25) is 0 Å². The first-order chi connectivity index (χ1) is 22.7. The Morgan fingerprint density at radius 2 is 1.49 bits per heavy atom. The van der Waals surface area contributed by atoms with Crippen molar-refractivity contribution >= 4 is 12.1 Å². The lowest BCUT2D eigenvalue weighted by atomic mass is 9.76. The molecule has 0 aliphatic heterocycles. The molecule has 0 aliphatic carbocycles. The Morgan fingerprint density at radius 3 is 2.04 bits per heavy atom. The Morgan fingerprint density at radius 1 is 0.898 bits per heavy atom. The number of aliphatic carboxylic acids is 1. The summed E-state index contributed by atoms with van der Waals surface area (Å²) in [6, 6.07) is 9.72. The van der Waals surface area contributed by atoms with Gasteiger partial charge >= 0.3 is 12.1 Å². The number of aliphatic hydroxyl groups excluding tert-OH is 4. The molecule has 0 radical (unpaired) electrons. The smallest absolute Gasteiger partial charge is 0.404 e. The second-order valence-electron chi connectivity index (χ2n) is 14.5. The number of nitrogens with two attached hydrogens (primary N) is 1. The van der Waals surface area contributed by atoms with Crippen LogP contribution in [0, 0.1) is 41.4 Å². The van der Waals surface area contributed by atoms with Crippen LogP contribution in [-0.2, 0) is 20.9 Å². The Labute approximate surface area is 292 Å². The topological polar surface area (TPSA) is 200 Å². The van der Waals surface area contributed by atoms with E-state index < -0.39 is 65.9 Å². The predicted octanol–water partition coefficient (Wildman–Crippen LogP) is 4.68. The lowest BCUT2D eigenvalue weighted by Crippen LogP contribution is -2.48. The third-order valence-corrected chi connectivity index (χ3v) is 10.1. The van der Waals surface area contributed by atoms with Crippen LogP contribution in [0.3, 0.4) is 0 Å². The standard InChI is InChI=1S/C38H63NO10/c1-22(17-24(3)33(42)23(2)15-16-31(40)19-32(41)28(7)38(9,47)29(8)36(44)45)18-25(4)34(43)27(6)35(49-37(39)46)26(5)20-48-21-30-13-11-10-12-14-30/h10-17,23-29,31-35,40-43,47H,18-21H2,1-9H3,(H2,39,46)(H,44,45)/b16-15-,22-17-/t23-,24-,25-,26-,27-,28-,29-,31+,32-,33-,34+,35-,38-/m0/s1. The summed E-state index contributed by atoms with van der Waals surface area (Å²) in [7, 11) is 0. The van der Waals surface area contributed by atoms with Gasteiger partial charge in [0.1, 0.15) is 6.10 Å². The van der Waals surface area contributed by atoms with Crippen molar-refractivity contribution in [2.24, 2.45) is 47.2 Å². The average molecular weight is 694 g/mol. The maximum atomic E-state index is 11.7. The Bertz CT molecular complexity index is 1190. The number of allylic oxidation sites excluding steroid dienone is 1. The van der Waals surface area contributed by atoms with Crippen LogP contribution in [0.15, 0.2) is 54.1 Å². The van der Waals surface area contributed by atoms with Crippen molar-refractivity contribution in [2.45, 2.75) is 118 Å². The number of ether oxygens (including phenoxy) is 2. The number of aliphatic hydroxyl groups is 5. The molecular weight excluding hydrogens is 630 g/mol. The molecule has 0 aliphatic rings. The first kappa shape index (κ1) is 44.2. The van der Waals surface area contributed by atoms with Crippen LogP contribution >= 0.6 is 0 Å². The highest BCUT2D eigenvalue weighted by molar-refractivity contribution is 5.71. The first-order valence-corrected chi connectivity index (χ1v) is 17.3. The zero-order chi connectivity index (χ0) is 37.6. The molecule has 1 rings (SSSR count). The lowest BCUT2D eigenvalue weighted by molar-refractivity contribution is -0.157. The first-order valence-electron chi connectivity index (χ1n) is 17.3. The molecule has 0 heterocycles. The fourth-order valence-corrected chi connectivity index (χ4v) is 6.32. The molecule has 49 heavy (non-hydrogen) atoms. The number of amides is 1. The van der Waals surface area contributed by atoms with Gasteiger partial charge in [-0.1, -0.05) is 95.7 Å². The number of carboxylic acid groups (broad SMARTS) is 1. The van der Waals surface area contributed by atoms with E-state index >= 15 is 0 Å². The number of rotatable bonds is 22. The maximum Gasteiger partial charge on any atom is 0.404 e. The number of carboxylic acids is 1. The van der Waals surface area contributed by atoms with E-state index in [0.717, 1.165) is 11.1 Å². The largest absolute Gasteiger partial charge is 0.481 e. The predicted molar refractivity (Wildman–Crippen MR) is 189 cm³/mol. The zero-order valence-electron chi connectivity index (χ0n) is 30.8. The third-order valence-electron chi connectivity index (χ3n) is 10.1. The van der Waals surface area contributed by atoms with Crippen molar-refractivity contribution < 1.29 is 49.7 Å². The fourth-order valence-electron chi connectivity index (χ4n) is 6.32. The lowest BCUT2D eigenvalue weighted by Gasteiger charge is -2.36. The third kappa shape index (κ3) is 14.5. The van der Waals surface area contributed by atoms with E-state index in [1.54, 1.807) is 13.0 Å². The minimum Gasteiger partial charge on any atom is -0.481 e. The average Bonchev–Trinajstić information content (AvgIpc) is 3.04. The molecule has 0 bridgehead atoms. The van der Waals surface area contributed by atoms with Crippen LogP contribution < -0.4 is 5.73 Å². The molecule has 1 aromatic rings. The van der Waals surface area contributed by atoms with Crippen molar-refractivity contribution in [3.05, 3.63) is 59.7 Å². The summed E-state index contributed by atoms with van der Waals surface area (Å²) in [5, 5.41) is 63.3. The molecule has 0 unspecified atom stereocenters. The second-order valence-corrected chi connectivity index (χ2v) is 14.5. The van der Waals surface area contributed by atoms with E-state index in [1.165, 1.54) is 19.9 Å². The second kappa shape index (κ2) is 20.8. The van der Waals surface area contributed by atoms with E-state index in [1.807, 2.05) is 78.0 Å². The molecule has 13 atom stereocenters. The van der Waals surface area contributed by atoms with Crippen LogP contribution in [-0.4, -0.2) is 85.4 Å². The molecule has 280 valence electrons. The van der Waals surface area contributed by atoms with Crippen molar-refractivity contribution in [1.29, 1.82) is 0 Å². The van der Waals surface area contributed by atoms with Crippen molar-refractivity contribution in [3.63, 3.8) is 0 Å². The monoisotopic (exact) mass is 693 g/mol. The van der Waals surface area contributed by atoms with Gasteiger partial charge in [-0.15, -0.1) is 0 Å². The number of benzene rings is 1. The molecule has 11 heteroatoms. The Kier molecular flexibility index (Phi) is 18.7. The summed E-state index contributed by atoms with van der Waals surface area (Å²) in [5.41, 5.74) is 5.69. The molecule has 1 aromatic carbocycles. The van der Waals surface area contributed by atoms with Gasteiger partial charge < -0.3 is 45.8 Å². The van der Waals surface area contributed by atoms with Crippen LogP contribution in [0.5, 0.6) is 0 Å². The summed E-state index contributed by atoms with van der Waals surface area (Å²) in [6.45, 7) is 16.3. The van der Waals surface area contributed by atoms with Crippen molar-refractivity contribution in [2.75, 3.05) is 6.61 Å². The van der Waals surface area contributed by atoms with Crippen LogP contribution in [0.1, 0.15) is 80.7 Å². The van der Waals surface area contributed by atoms with Crippen LogP contribution in [0.2, 0.25) is 0 Å². The number of carbonyl (C=O) groups excluding carboxylic acids is 1. The Hall–Kier alpha value is -2.80. The number of primary amides is 1. The normalized spacial score (nSPS) is 21.2. The van der Waals surface area contributed by atoms with Gasteiger partial charge in [-0.2, -0.15) is 0 Å². The highest BCUT2D eigenvalue weighted by Gasteiger charge is 2.42. The highest BCUT2D eigenvalue weighted by Crippen LogP contribution is 2.31. The van der Waals surface area contributed by atoms with Gasteiger partial charge in [0.05, 0.1) is 49.1 Å². The van der Waals surface area contributed by atoms with Gasteiger partial charge in [-0.05, 0) is 38.7 Å². The maximum absolute atomic E-state index is 11.7. The van der Waals surface area contributed by atoms with Gasteiger partial charge in [0.15, 0.2) is 0 Å². The summed E-state index contributed by atoms with van der Waals surface area (Å²) in [5.74, 6) is -4.57. The summed E-state index contributed by atoms with van der Waals surface area (Å²) in [6.07, 6.45) is 0.127. The van der Waals surface area contributed by atoms with Gasteiger partial charge in [0.25, 0.3) is 0 Å². The van der Waals surface area contributed by atoms with E-state index in [4.69, 9.17) is 15.2 Å². The number of hydrogen-bond donors (Lipinski definition) is 7. The van der Waals surface area contributed by atoms with Crippen molar-refractivity contribution in [1.82, 2.24) is 0 Å². The minimum atomic E-state index is -1.68. The molecule has 0 aromatic heterocycles. The van der Waals surface area contributed by atoms with Gasteiger partial charge in [-0.3, -0.25) is 4.79 Å². The quantitative estimate of drug-likeness (QED) is 0.0837. The van der Waals surface area contributed by atoms with Crippen LogP contribution in [0.4, 0.5) is 4.79 Å². The molecular formula is C38H63NO10. The van der Waals surface area contributed by atoms with E-state index in [2.05, 4.69) is 0 Å². The summed E-state index contributed by atoms with van der Waals surface area (Å²) >= 11 is 0. The van der Waals surface area contributed by atoms with E-state index in [-0.39, 0.29) is 30.1 Å². The van der Waals surface area contributed by atoms with Gasteiger partial charge in [0, 0.05) is 36.0 Å². The molecule has 1 amide bonds. The van der Waals surface area contributed by atoms with E-state index in [0.29, 0.717) is 19.6 Å². The fraction of sp³-hybridized carbons (Fsp3) is 0.684. The number of hydrogen-bond acceptors (Lipinski definition) is 9. The van der Waals surface area contributed by atoms with E-state index in [9.17, 15) is 40.2 Å². The zero-order valence-corrected chi connectivity index (χ0v) is 30.8. The van der Waals surface area contributed by atoms with Crippen molar-refractivity contribution in [3.8, 4) is 0 Å². The Balaban J connectivity index is 2.77. The summed E-state index contributed by atoms with van der Waals surface area (Å²) < 4.78 is 11.3. The minimum absolute atomic E-state index is 0.110. The SMILES string of the molecule is C/C(=C/[C@H](C)[C@@H](O)[C@@H](C)/C=C\[C@@H](O)C[C@H](O)[C@H](C)[C@](C)(O)[C@@H](C)C(=O)O)C[C@H](C)[C@@H](O)[C@H](C)[C@@H](OC(N)=O)[C@@H](C)COCc1ccccc1. The molecule has 8 N–H and O–H groups in total.